The highest BCUT2D eigenvalue weighted by molar-refractivity contribution is 7.13. The first kappa shape index (κ1) is 19.5. The predicted octanol–water partition coefficient (Wildman–Crippen LogP) is 3.50. The molecule has 0 radical (unpaired) electrons. The molecule has 0 unspecified atom stereocenters. The third-order valence-corrected chi connectivity index (χ3v) is 6.25. The lowest BCUT2D eigenvalue weighted by Gasteiger charge is -2.33. The molecule has 7 nitrogen and oxygen atoms in total. The summed E-state index contributed by atoms with van der Waals surface area (Å²) in [5, 5.41) is 6.57. The molecule has 0 aromatic carbocycles. The second kappa shape index (κ2) is 9.15. The molecule has 0 spiro atoms. The number of anilines is 2. The van der Waals surface area contributed by atoms with E-state index in [-0.39, 0.29) is 6.10 Å². The minimum Gasteiger partial charge on any atom is -0.382 e. The highest BCUT2D eigenvalue weighted by atomic mass is 32.1. The van der Waals surface area contributed by atoms with Crippen LogP contribution in [0.25, 0.3) is 10.8 Å². The van der Waals surface area contributed by atoms with Crippen molar-refractivity contribution in [3.8, 4) is 10.8 Å². The van der Waals surface area contributed by atoms with E-state index < -0.39 is 0 Å². The Hall–Kier alpha value is -1.77. The largest absolute Gasteiger partial charge is 0.382 e. The number of aryl methyl sites for hydroxylation is 1. The van der Waals surface area contributed by atoms with Crippen LogP contribution in [0.4, 0.5) is 11.6 Å². The smallest absolute Gasteiger partial charge is 0.192 e. The second-order valence-corrected chi connectivity index (χ2v) is 8.46. The molecule has 1 saturated carbocycles. The number of hydrogen-bond donors (Lipinski definition) is 1. The first-order chi connectivity index (χ1) is 13.7. The van der Waals surface area contributed by atoms with E-state index in [2.05, 4.69) is 21.3 Å². The first-order valence-corrected chi connectivity index (χ1v) is 11.0. The van der Waals surface area contributed by atoms with E-state index in [1.54, 1.807) is 18.4 Å². The van der Waals surface area contributed by atoms with E-state index in [0.29, 0.717) is 25.1 Å². The monoisotopic (exact) mass is 403 g/mol. The van der Waals surface area contributed by atoms with Crippen molar-refractivity contribution in [2.24, 2.45) is 0 Å². The SMILES string of the molecule is COC[C@H]1CN(c2cc(NC3CCCCC3)nc(-c3nc(C)cs3)n2)CCO1. The molecular weight excluding hydrogens is 374 g/mol. The zero-order chi connectivity index (χ0) is 19.3. The van der Waals surface area contributed by atoms with Crippen LogP contribution < -0.4 is 10.2 Å². The van der Waals surface area contributed by atoms with Gasteiger partial charge in [-0.05, 0) is 19.8 Å². The maximum Gasteiger partial charge on any atom is 0.192 e. The van der Waals surface area contributed by atoms with E-state index in [4.69, 9.17) is 19.4 Å². The van der Waals surface area contributed by atoms with E-state index in [9.17, 15) is 0 Å². The molecule has 2 aromatic heterocycles. The number of rotatable bonds is 6. The van der Waals surface area contributed by atoms with Crippen molar-refractivity contribution in [2.75, 3.05) is 43.6 Å². The number of methoxy groups -OCH3 is 1. The zero-order valence-corrected chi connectivity index (χ0v) is 17.5. The maximum atomic E-state index is 5.80. The van der Waals surface area contributed by atoms with Gasteiger partial charge in [0.15, 0.2) is 10.8 Å². The van der Waals surface area contributed by atoms with E-state index >= 15 is 0 Å². The Balaban J connectivity index is 1.61. The van der Waals surface area contributed by atoms with Gasteiger partial charge in [-0.1, -0.05) is 19.3 Å². The van der Waals surface area contributed by atoms with Gasteiger partial charge in [-0.15, -0.1) is 11.3 Å². The first-order valence-electron chi connectivity index (χ1n) is 10.1. The van der Waals surface area contributed by atoms with Crippen LogP contribution in [0.2, 0.25) is 0 Å². The number of aromatic nitrogens is 3. The van der Waals surface area contributed by atoms with Crippen LogP contribution in [0.15, 0.2) is 11.4 Å². The van der Waals surface area contributed by atoms with Gasteiger partial charge < -0.3 is 19.7 Å². The van der Waals surface area contributed by atoms with Gasteiger partial charge in [-0.3, -0.25) is 0 Å². The summed E-state index contributed by atoms with van der Waals surface area (Å²) >= 11 is 1.59. The molecule has 3 heterocycles. The zero-order valence-electron chi connectivity index (χ0n) is 16.7. The molecule has 1 saturated heterocycles. The summed E-state index contributed by atoms with van der Waals surface area (Å²) in [4.78, 5) is 16.5. The molecule has 2 fully saturated rings. The Morgan fingerprint density at radius 1 is 1.25 bits per heavy atom. The second-order valence-electron chi connectivity index (χ2n) is 7.60. The molecule has 0 amide bonds. The van der Waals surface area contributed by atoms with Crippen LogP contribution in [-0.2, 0) is 9.47 Å². The van der Waals surface area contributed by atoms with Gasteiger partial charge in [-0.25, -0.2) is 15.0 Å². The normalized spacial score (nSPS) is 21.1. The fourth-order valence-corrected chi connectivity index (χ4v) is 4.62. The van der Waals surface area contributed by atoms with Crippen LogP contribution in [0.1, 0.15) is 37.8 Å². The number of thiazole rings is 1. The van der Waals surface area contributed by atoms with Crippen LogP contribution in [0, 0.1) is 6.92 Å². The van der Waals surface area contributed by atoms with E-state index in [0.717, 1.165) is 35.4 Å². The molecule has 2 aromatic rings. The van der Waals surface area contributed by atoms with Crippen molar-refractivity contribution in [3.63, 3.8) is 0 Å². The highest BCUT2D eigenvalue weighted by Gasteiger charge is 2.24. The van der Waals surface area contributed by atoms with E-state index in [1.807, 2.05) is 12.3 Å². The maximum absolute atomic E-state index is 5.80. The average molecular weight is 404 g/mol. The fraction of sp³-hybridized carbons (Fsp3) is 0.650. The molecule has 4 rings (SSSR count). The molecule has 1 atom stereocenters. The van der Waals surface area contributed by atoms with Gasteiger partial charge in [0.1, 0.15) is 11.6 Å². The standard InChI is InChI=1S/C20H29N5O2S/c1-14-13-28-20(21-14)19-23-17(22-15-6-4-3-5-7-15)10-18(24-19)25-8-9-27-16(11-25)12-26-2/h10,13,15-16H,3-9,11-12H2,1-2H3,(H,22,23,24)/t16-/m1/s1. The molecule has 1 aliphatic carbocycles. The van der Waals surface area contributed by atoms with Crippen molar-refractivity contribution in [1.82, 2.24) is 15.0 Å². The lowest BCUT2D eigenvalue weighted by molar-refractivity contribution is -0.0102. The number of ether oxygens (including phenoxy) is 2. The van der Waals surface area contributed by atoms with Gasteiger partial charge in [-0.2, -0.15) is 0 Å². The molecular formula is C20H29N5O2S. The molecule has 2 aliphatic rings. The van der Waals surface area contributed by atoms with E-state index in [1.165, 1.54) is 32.1 Å². The minimum absolute atomic E-state index is 0.0639. The molecule has 1 aliphatic heterocycles. The van der Waals surface area contributed by atoms with Gasteiger partial charge in [0.2, 0.25) is 0 Å². The van der Waals surface area contributed by atoms with Crippen molar-refractivity contribution in [2.45, 2.75) is 51.2 Å². The minimum atomic E-state index is 0.0639. The lowest BCUT2D eigenvalue weighted by Crippen LogP contribution is -2.44. The molecule has 152 valence electrons. The Kier molecular flexibility index (Phi) is 6.39. The van der Waals surface area contributed by atoms with Crippen LogP contribution >= 0.6 is 11.3 Å². The summed E-state index contributed by atoms with van der Waals surface area (Å²) in [6.07, 6.45) is 6.39. The van der Waals surface area contributed by atoms with Gasteiger partial charge >= 0.3 is 0 Å². The van der Waals surface area contributed by atoms with Crippen molar-refractivity contribution < 1.29 is 9.47 Å². The topological polar surface area (TPSA) is 72.4 Å². The summed E-state index contributed by atoms with van der Waals surface area (Å²) in [6, 6.07) is 2.57. The number of morpholine rings is 1. The molecule has 1 N–H and O–H groups in total. The molecule has 0 bridgehead atoms. The van der Waals surface area contributed by atoms with Crippen LogP contribution in [0.5, 0.6) is 0 Å². The summed E-state index contributed by atoms with van der Waals surface area (Å²) in [5.41, 5.74) is 1.00. The number of hydrogen-bond acceptors (Lipinski definition) is 8. The Morgan fingerprint density at radius 3 is 2.86 bits per heavy atom. The highest BCUT2D eigenvalue weighted by Crippen LogP contribution is 2.28. The predicted molar refractivity (Wildman–Crippen MR) is 112 cm³/mol. The summed E-state index contributed by atoms with van der Waals surface area (Å²) in [5.74, 6) is 2.53. The summed E-state index contributed by atoms with van der Waals surface area (Å²) in [6.45, 7) is 4.85. The summed E-state index contributed by atoms with van der Waals surface area (Å²) in [7, 11) is 1.71. The van der Waals surface area contributed by atoms with Crippen molar-refractivity contribution >= 4 is 23.0 Å². The van der Waals surface area contributed by atoms with Crippen LogP contribution in [0.3, 0.4) is 0 Å². The van der Waals surface area contributed by atoms with Gasteiger partial charge in [0.05, 0.1) is 19.3 Å². The summed E-state index contributed by atoms with van der Waals surface area (Å²) < 4.78 is 11.1. The van der Waals surface area contributed by atoms with Gasteiger partial charge in [0, 0.05) is 43.4 Å². The molecule has 28 heavy (non-hydrogen) atoms. The number of nitrogens with zero attached hydrogens (tertiary/aromatic N) is 4. The lowest BCUT2D eigenvalue weighted by atomic mass is 9.95. The Bertz CT molecular complexity index is 776. The third kappa shape index (κ3) is 4.79. The average Bonchev–Trinajstić information content (AvgIpc) is 3.15. The fourth-order valence-electron chi connectivity index (χ4n) is 3.89. The van der Waals surface area contributed by atoms with Gasteiger partial charge in [0.25, 0.3) is 0 Å². The molecule has 8 heteroatoms. The van der Waals surface area contributed by atoms with Crippen molar-refractivity contribution in [3.05, 3.63) is 17.1 Å². The van der Waals surface area contributed by atoms with Crippen LogP contribution in [-0.4, -0.2) is 60.5 Å². The number of nitrogens with one attached hydrogen (secondary N) is 1. The van der Waals surface area contributed by atoms with Crippen molar-refractivity contribution in [1.29, 1.82) is 0 Å². The third-order valence-electron chi connectivity index (χ3n) is 5.30. The quantitative estimate of drug-likeness (QED) is 0.791. The Labute approximate surface area is 170 Å². The Morgan fingerprint density at radius 2 is 2.11 bits per heavy atom.